The first-order valence-corrected chi connectivity index (χ1v) is 10.8. The van der Waals surface area contributed by atoms with Crippen LogP contribution in [-0.4, -0.2) is 52.6 Å². The van der Waals surface area contributed by atoms with Crippen LogP contribution in [0.1, 0.15) is 36.4 Å². The van der Waals surface area contributed by atoms with Crippen LogP contribution in [0.5, 0.6) is 0 Å². The second-order valence-electron chi connectivity index (χ2n) is 7.60. The summed E-state index contributed by atoms with van der Waals surface area (Å²) in [5.74, 6) is 0.964. The molecule has 10 nitrogen and oxygen atoms in total. The molecular weight excluding hydrogens is 408 g/mol. The van der Waals surface area contributed by atoms with Crippen molar-refractivity contribution in [2.45, 2.75) is 44.6 Å². The van der Waals surface area contributed by atoms with Gasteiger partial charge in [0.05, 0.1) is 36.4 Å². The van der Waals surface area contributed by atoms with Crippen molar-refractivity contribution in [3.8, 4) is 0 Å². The van der Waals surface area contributed by atoms with Crippen LogP contribution in [-0.2, 0) is 24.0 Å². The van der Waals surface area contributed by atoms with Crippen LogP contribution in [0, 0.1) is 0 Å². The summed E-state index contributed by atoms with van der Waals surface area (Å²) in [4.78, 5) is 31.1. The topological polar surface area (TPSA) is 131 Å². The number of H-pyrrole nitrogens is 2. The maximum Gasteiger partial charge on any atom is 0.180 e. The van der Waals surface area contributed by atoms with E-state index in [0.717, 1.165) is 66.1 Å². The summed E-state index contributed by atoms with van der Waals surface area (Å²) < 4.78 is 10.9. The highest BCUT2D eigenvalue weighted by Crippen LogP contribution is 2.19. The first kappa shape index (κ1) is 20.3. The molecule has 2 N–H and O–H groups in total. The first-order chi connectivity index (χ1) is 15.9. The number of aryl methyl sites for hydroxylation is 3. The fourth-order valence-electron chi connectivity index (χ4n) is 3.88. The second kappa shape index (κ2) is 9.65. The SMILES string of the molecule is c1coc(CCc2ncnc3nc[nH]c23)c1.c1nc(CCC2CCCO2)c2[nH]cnc2n1. The van der Waals surface area contributed by atoms with Crippen LogP contribution in [0.4, 0.5) is 0 Å². The number of aromatic amines is 2. The molecule has 5 aromatic rings. The normalized spacial score (nSPS) is 15.8. The minimum atomic E-state index is 0.410. The Balaban J connectivity index is 0.000000135. The van der Waals surface area contributed by atoms with E-state index in [-0.39, 0.29) is 0 Å². The zero-order valence-corrected chi connectivity index (χ0v) is 17.6. The molecule has 0 amide bonds. The number of nitrogens with zero attached hydrogens (tertiary/aromatic N) is 6. The summed E-state index contributed by atoms with van der Waals surface area (Å²) in [7, 11) is 0. The monoisotopic (exact) mass is 432 g/mol. The van der Waals surface area contributed by atoms with Gasteiger partial charge in [0.2, 0.25) is 0 Å². The zero-order chi connectivity index (χ0) is 21.6. The van der Waals surface area contributed by atoms with Crippen LogP contribution in [0.2, 0.25) is 0 Å². The third kappa shape index (κ3) is 4.65. The number of furan rings is 1. The van der Waals surface area contributed by atoms with Crippen LogP contribution < -0.4 is 0 Å². The molecule has 10 heteroatoms. The smallest absolute Gasteiger partial charge is 0.180 e. The molecule has 1 unspecified atom stereocenters. The van der Waals surface area contributed by atoms with Gasteiger partial charge in [0.25, 0.3) is 0 Å². The lowest BCUT2D eigenvalue weighted by atomic mass is 10.1. The highest BCUT2D eigenvalue weighted by molar-refractivity contribution is 5.72. The van der Waals surface area contributed by atoms with Gasteiger partial charge in [0.1, 0.15) is 29.4 Å². The molecule has 164 valence electrons. The fourth-order valence-corrected chi connectivity index (χ4v) is 3.88. The van der Waals surface area contributed by atoms with E-state index in [2.05, 4.69) is 39.9 Å². The number of fused-ring (bicyclic) bond motifs is 2. The number of nitrogens with one attached hydrogen (secondary N) is 2. The van der Waals surface area contributed by atoms with Gasteiger partial charge >= 0.3 is 0 Å². The van der Waals surface area contributed by atoms with E-state index in [1.54, 1.807) is 31.6 Å². The molecule has 0 spiro atoms. The van der Waals surface area contributed by atoms with Gasteiger partial charge in [-0.1, -0.05) is 0 Å². The van der Waals surface area contributed by atoms with Gasteiger partial charge in [-0.3, -0.25) is 0 Å². The van der Waals surface area contributed by atoms with E-state index in [0.29, 0.717) is 11.8 Å². The molecule has 0 radical (unpaired) electrons. The Kier molecular flexibility index (Phi) is 6.11. The summed E-state index contributed by atoms with van der Waals surface area (Å²) in [5.41, 5.74) is 5.34. The molecule has 1 aliphatic rings. The number of hydrogen-bond donors (Lipinski definition) is 2. The lowest BCUT2D eigenvalue weighted by Gasteiger charge is -2.08. The van der Waals surface area contributed by atoms with E-state index in [4.69, 9.17) is 9.15 Å². The number of hydrogen-bond acceptors (Lipinski definition) is 8. The van der Waals surface area contributed by atoms with E-state index in [1.807, 2.05) is 12.1 Å². The predicted molar refractivity (Wildman–Crippen MR) is 117 cm³/mol. The van der Waals surface area contributed by atoms with Gasteiger partial charge in [-0.05, 0) is 44.2 Å². The van der Waals surface area contributed by atoms with Crippen molar-refractivity contribution in [2.24, 2.45) is 0 Å². The first-order valence-electron chi connectivity index (χ1n) is 10.8. The molecule has 0 saturated carbocycles. The highest BCUT2D eigenvalue weighted by Gasteiger charge is 2.16. The third-order valence-corrected chi connectivity index (χ3v) is 5.52. The third-order valence-electron chi connectivity index (χ3n) is 5.52. The molecule has 0 aromatic carbocycles. The maximum absolute atomic E-state index is 5.60. The lowest BCUT2D eigenvalue weighted by Crippen LogP contribution is -2.07. The van der Waals surface area contributed by atoms with Crippen molar-refractivity contribution in [3.05, 3.63) is 60.9 Å². The summed E-state index contributed by atoms with van der Waals surface area (Å²) in [5, 5.41) is 0. The molecule has 1 saturated heterocycles. The molecular formula is C22H24N8O2. The van der Waals surface area contributed by atoms with Gasteiger partial charge in [-0.2, -0.15) is 0 Å². The van der Waals surface area contributed by atoms with Gasteiger partial charge in [-0.25, -0.2) is 29.9 Å². The second-order valence-corrected chi connectivity index (χ2v) is 7.60. The van der Waals surface area contributed by atoms with Gasteiger partial charge in [0.15, 0.2) is 11.3 Å². The number of imidazole rings is 2. The quantitative estimate of drug-likeness (QED) is 0.418. The molecule has 5 aromatic heterocycles. The van der Waals surface area contributed by atoms with Crippen LogP contribution in [0.15, 0.2) is 48.1 Å². The summed E-state index contributed by atoms with van der Waals surface area (Å²) in [6.45, 7) is 0.911. The number of rotatable bonds is 6. The average Bonchev–Trinajstić information content (AvgIpc) is 3.64. The van der Waals surface area contributed by atoms with Crippen molar-refractivity contribution >= 4 is 22.3 Å². The molecule has 0 aliphatic carbocycles. The number of aromatic nitrogens is 8. The van der Waals surface area contributed by atoms with Crippen LogP contribution >= 0.6 is 0 Å². The maximum atomic E-state index is 5.60. The standard InChI is InChI=1S/C11H14N4O.C11H10N4O/c2*1-2-8(16-5-1)3-4-9-10-11(14-6-12-9)15-7-13-10/h6-8H,1-5H2,(H,12,13,14,15);1-2,5-7H,3-4H2,(H,12,13,14,15). The molecule has 1 aliphatic heterocycles. The summed E-state index contributed by atoms with van der Waals surface area (Å²) in [6.07, 6.45) is 14.5. The molecule has 6 rings (SSSR count). The summed E-state index contributed by atoms with van der Waals surface area (Å²) in [6, 6.07) is 3.85. The summed E-state index contributed by atoms with van der Waals surface area (Å²) >= 11 is 0. The van der Waals surface area contributed by atoms with Crippen LogP contribution in [0.25, 0.3) is 22.3 Å². The van der Waals surface area contributed by atoms with E-state index in [1.165, 1.54) is 12.8 Å². The van der Waals surface area contributed by atoms with E-state index < -0.39 is 0 Å². The molecule has 1 fully saturated rings. The van der Waals surface area contributed by atoms with Gasteiger partial charge < -0.3 is 19.1 Å². The minimum Gasteiger partial charge on any atom is -0.469 e. The highest BCUT2D eigenvalue weighted by atomic mass is 16.5. The van der Waals surface area contributed by atoms with E-state index >= 15 is 0 Å². The van der Waals surface area contributed by atoms with Gasteiger partial charge in [-0.15, -0.1) is 0 Å². The minimum absolute atomic E-state index is 0.410. The Morgan fingerprint density at radius 3 is 2.19 bits per heavy atom. The Bertz CT molecular complexity index is 1260. The molecule has 6 heterocycles. The van der Waals surface area contributed by atoms with Crippen molar-refractivity contribution in [1.29, 1.82) is 0 Å². The lowest BCUT2D eigenvalue weighted by molar-refractivity contribution is 0.104. The largest absolute Gasteiger partial charge is 0.469 e. The molecule has 1 atom stereocenters. The van der Waals surface area contributed by atoms with Crippen molar-refractivity contribution in [2.75, 3.05) is 6.61 Å². The Morgan fingerprint density at radius 2 is 1.56 bits per heavy atom. The van der Waals surface area contributed by atoms with Crippen LogP contribution in [0.3, 0.4) is 0 Å². The van der Waals surface area contributed by atoms with E-state index in [9.17, 15) is 0 Å². The van der Waals surface area contributed by atoms with Crippen molar-refractivity contribution in [3.63, 3.8) is 0 Å². The zero-order valence-electron chi connectivity index (χ0n) is 17.6. The number of ether oxygens (including phenoxy) is 1. The fraction of sp³-hybridized carbons (Fsp3) is 0.364. The Morgan fingerprint density at radius 1 is 0.844 bits per heavy atom. The van der Waals surface area contributed by atoms with Crippen molar-refractivity contribution < 1.29 is 9.15 Å². The Hall–Kier alpha value is -3.66. The van der Waals surface area contributed by atoms with Gasteiger partial charge in [0, 0.05) is 13.0 Å². The van der Waals surface area contributed by atoms with Crippen molar-refractivity contribution in [1.82, 2.24) is 39.9 Å². The predicted octanol–water partition coefficient (Wildman–Crippen LogP) is 3.20. The molecule has 32 heavy (non-hydrogen) atoms. The molecule has 0 bridgehead atoms. The average molecular weight is 432 g/mol. The Labute approximate surface area is 183 Å².